The third-order valence-electron chi connectivity index (χ3n) is 2.76. The van der Waals surface area contributed by atoms with Crippen LogP contribution in [-0.2, 0) is 0 Å². The second-order valence-electron chi connectivity index (χ2n) is 4.33. The van der Waals surface area contributed by atoms with Gasteiger partial charge in [-0.1, -0.05) is 34.5 Å². The summed E-state index contributed by atoms with van der Waals surface area (Å²) in [6, 6.07) is 12.4. The summed E-state index contributed by atoms with van der Waals surface area (Å²) in [5.41, 5.74) is 1.08. The second kappa shape index (κ2) is 6.91. The van der Waals surface area contributed by atoms with Crippen molar-refractivity contribution in [3.63, 3.8) is 0 Å². The van der Waals surface area contributed by atoms with Gasteiger partial charge >= 0.3 is 0 Å². The Hall–Kier alpha value is -1.32. The number of hydrogen-bond donors (Lipinski definition) is 0. The maximum atomic E-state index is 12.4. The minimum absolute atomic E-state index is 0.0988. The molecule has 2 aromatic carbocycles. The number of halogens is 2. The minimum atomic E-state index is -0.0988. The molecule has 2 rings (SSSR count). The SMILES string of the molecule is CCCOc1ccc(C(=O)c2cc(Br)ccc2Cl)cc1. The van der Waals surface area contributed by atoms with Crippen LogP contribution in [0.25, 0.3) is 0 Å². The fourth-order valence-corrected chi connectivity index (χ4v) is 2.31. The lowest BCUT2D eigenvalue weighted by atomic mass is 10.0. The summed E-state index contributed by atoms with van der Waals surface area (Å²) in [6.45, 7) is 2.72. The van der Waals surface area contributed by atoms with Gasteiger partial charge in [-0.2, -0.15) is 0 Å². The zero-order valence-corrected chi connectivity index (χ0v) is 13.4. The number of hydrogen-bond acceptors (Lipinski definition) is 2. The van der Waals surface area contributed by atoms with Gasteiger partial charge in [0.2, 0.25) is 0 Å². The van der Waals surface area contributed by atoms with Crippen LogP contribution >= 0.6 is 27.5 Å². The van der Waals surface area contributed by atoms with E-state index in [-0.39, 0.29) is 5.78 Å². The molecule has 2 nitrogen and oxygen atoms in total. The molecule has 0 heterocycles. The number of ketones is 1. The maximum Gasteiger partial charge on any atom is 0.194 e. The molecule has 0 amide bonds. The van der Waals surface area contributed by atoms with E-state index in [2.05, 4.69) is 15.9 Å². The maximum absolute atomic E-state index is 12.4. The van der Waals surface area contributed by atoms with E-state index >= 15 is 0 Å². The minimum Gasteiger partial charge on any atom is -0.494 e. The van der Waals surface area contributed by atoms with E-state index < -0.39 is 0 Å². The van der Waals surface area contributed by atoms with E-state index in [1.54, 1.807) is 42.5 Å². The molecule has 4 heteroatoms. The van der Waals surface area contributed by atoms with Crippen LogP contribution in [0.4, 0.5) is 0 Å². The van der Waals surface area contributed by atoms with Crippen LogP contribution in [0.15, 0.2) is 46.9 Å². The van der Waals surface area contributed by atoms with Crippen molar-refractivity contribution in [2.45, 2.75) is 13.3 Å². The molecule has 0 aliphatic heterocycles. The van der Waals surface area contributed by atoms with Crippen molar-refractivity contribution in [1.29, 1.82) is 0 Å². The molecule has 0 aromatic heterocycles. The third kappa shape index (κ3) is 3.62. The topological polar surface area (TPSA) is 26.3 Å². The number of carbonyl (C=O) groups is 1. The Morgan fingerprint density at radius 1 is 1.20 bits per heavy atom. The standard InChI is InChI=1S/C16H14BrClO2/c1-2-9-20-13-6-3-11(4-7-13)16(19)14-10-12(17)5-8-15(14)18/h3-8,10H,2,9H2,1H3. The largest absolute Gasteiger partial charge is 0.494 e. The lowest BCUT2D eigenvalue weighted by Gasteiger charge is -2.07. The Balaban J connectivity index is 2.22. The number of benzene rings is 2. The highest BCUT2D eigenvalue weighted by Gasteiger charge is 2.13. The molecule has 20 heavy (non-hydrogen) atoms. The number of rotatable bonds is 5. The lowest BCUT2D eigenvalue weighted by molar-refractivity contribution is 0.103. The summed E-state index contributed by atoms with van der Waals surface area (Å²) in [6.07, 6.45) is 0.953. The Morgan fingerprint density at radius 2 is 1.90 bits per heavy atom. The number of ether oxygens (including phenoxy) is 1. The quantitative estimate of drug-likeness (QED) is 0.697. The van der Waals surface area contributed by atoms with Crippen molar-refractivity contribution in [3.05, 3.63) is 63.1 Å². The normalized spacial score (nSPS) is 10.3. The first-order valence-electron chi connectivity index (χ1n) is 6.34. The Kier molecular flexibility index (Phi) is 5.21. The first-order valence-corrected chi connectivity index (χ1v) is 7.51. The van der Waals surface area contributed by atoms with Crippen LogP contribution < -0.4 is 4.74 Å². The highest BCUT2D eigenvalue weighted by atomic mass is 79.9. The van der Waals surface area contributed by atoms with E-state index in [0.29, 0.717) is 22.8 Å². The van der Waals surface area contributed by atoms with Crippen LogP contribution in [-0.4, -0.2) is 12.4 Å². The molecule has 0 saturated heterocycles. The lowest BCUT2D eigenvalue weighted by Crippen LogP contribution is -2.02. The smallest absolute Gasteiger partial charge is 0.194 e. The summed E-state index contributed by atoms with van der Waals surface area (Å²) >= 11 is 9.42. The monoisotopic (exact) mass is 352 g/mol. The summed E-state index contributed by atoms with van der Waals surface area (Å²) in [4.78, 5) is 12.4. The Labute approximate surface area is 131 Å². The van der Waals surface area contributed by atoms with E-state index in [0.717, 1.165) is 16.6 Å². The summed E-state index contributed by atoms with van der Waals surface area (Å²) in [5, 5.41) is 0.449. The van der Waals surface area contributed by atoms with Crippen molar-refractivity contribution >= 4 is 33.3 Å². The van der Waals surface area contributed by atoms with Gasteiger partial charge in [-0.25, -0.2) is 0 Å². The molecule has 0 saturated carbocycles. The first-order chi connectivity index (χ1) is 9.61. The summed E-state index contributed by atoms with van der Waals surface area (Å²) in [5.74, 6) is 0.669. The van der Waals surface area contributed by atoms with Gasteiger partial charge in [-0.05, 0) is 48.9 Å². The van der Waals surface area contributed by atoms with Gasteiger partial charge in [0.25, 0.3) is 0 Å². The fraction of sp³-hybridized carbons (Fsp3) is 0.188. The van der Waals surface area contributed by atoms with E-state index in [1.165, 1.54) is 0 Å². The van der Waals surface area contributed by atoms with Gasteiger partial charge in [0.15, 0.2) is 5.78 Å². The summed E-state index contributed by atoms with van der Waals surface area (Å²) < 4.78 is 6.32. The van der Waals surface area contributed by atoms with Gasteiger partial charge in [0, 0.05) is 15.6 Å². The molecule has 0 atom stereocenters. The average Bonchev–Trinajstić information content (AvgIpc) is 2.47. The molecule has 0 bridgehead atoms. The average molecular weight is 354 g/mol. The molecule has 0 spiro atoms. The zero-order valence-electron chi connectivity index (χ0n) is 11.0. The van der Waals surface area contributed by atoms with Crippen LogP contribution in [0.1, 0.15) is 29.3 Å². The van der Waals surface area contributed by atoms with Crippen molar-refractivity contribution in [3.8, 4) is 5.75 Å². The van der Waals surface area contributed by atoms with Gasteiger partial charge in [0.05, 0.1) is 11.6 Å². The van der Waals surface area contributed by atoms with Gasteiger partial charge in [0.1, 0.15) is 5.75 Å². The van der Waals surface area contributed by atoms with Gasteiger partial charge in [-0.3, -0.25) is 4.79 Å². The Bertz CT molecular complexity index is 608. The molecule has 104 valence electrons. The van der Waals surface area contributed by atoms with Crippen molar-refractivity contribution in [2.24, 2.45) is 0 Å². The van der Waals surface area contributed by atoms with Crippen LogP contribution in [0.5, 0.6) is 5.75 Å². The molecule has 0 aliphatic rings. The molecular weight excluding hydrogens is 340 g/mol. The molecular formula is C16H14BrClO2. The molecule has 0 aliphatic carbocycles. The molecule has 0 radical (unpaired) electrons. The third-order valence-corrected chi connectivity index (χ3v) is 3.59. The Morgan fingerprint density at radius 3 is 2.55 bits per heavy atom. The predicted octanol–water partition coefficient (Wildman–Crippen LogP) is 5.12. The van der Waals surface area contributed by atoms with Crippen molar-refractivity contribution in [1.82, 2.24) is 0 Å². The van der Waals surface area contributed by atoms with Crippen LogP contribution in [0, 0.1) is 0 Å². The molecule has 0 unspecified atom stereocenters. The van der Waals surface area contributed by atoms with E-state index in [4.69, 9.17) is 16.3 Å². The van der Waals surface area contributed by atoms with Gasteiger partial charge < -0.3 is 4.74 Å². The predicted molar refractivity (Wildman–Crippen MR) is 84.8 cm³/mol. The van der Waals surface area contributed by atoms with E-state index in [9.17, 15) is 4.79 Å². The van der Waals surface area contributed by atoms with Crippen LogP contribution in [0.3, 0.4) is 0 Å². The van der Waals surface area contributed by atoms with Crippen molar-refractivity contribution in [2.75, 3.05) is 6.61 Å². The van der Waals surface area contributed by atoms with Gasteiger partial charge in [-0.15, -0.1) is 0 Å². The molecule has 0 N–H and O–H groups in total. The highest BCUT2D eigenvalue weighted by molar-refractivity contribution is 9.10. The summed E-state index contributed by atoms with van der Waals surface area (Å²) in [7, 11) is 0. The number of carbonyl (C=O) groups excluding carboxylic acids is 1. The molecule has 0 fully saturated rings. The first kappa shape index (κ1) is 15.1. The second-order valence-corrected chi connectivity index (χ2v) is 5.65. The zero-order chi connectivity index (χ0) is 14.5. The van der Waals surface area contributed by atoms with Crippen molar-refractivity contribution < 1.29 is 9.53 Å². The highest BCUT2D eigenvalue weighted by Crippen LogP contribution is 2.24. The fourth-order valence-electron chi connectivity index (χ4n) is 1.75. The van der Waals surface area contributed by atoms with Crippen LogP contribution in [0.2, 0.25) is 5.02 Å². The van der Waals surface area contributed by atoms with E-state index in [1.807, 2.05) is 6.92 Å². The molecule has 2 aromatic rings.